The Hall–Kier alpha value is -3.43. The summed E-state index contributed by atoms with van der Waals surface area (Å²) in [6.07, 6.45) is 1.62. The number of rotatable bonds is 7. The van der Waals surface area contributed by atoms with Gasteiger partial charge in [-0.05, 0) is 95.7 Å². The van der Waals surface area contributed by atoms with Crippen molar-refractivity contribution in [2.75, 3.05) is 7.11 Å². The zero-order chi connectivity index (χ0) is 27.6. The lowest BCUT2D eigenvalue weighted by Crippen LogP contribution is -2.19. The van der Waals surface area contributed by atoms with E-state index in [0.29, 0.717) is 30.5 Å². The number of amidine groups is 1. The van der Waals surface area contributed by atoms with Crippen LogP contribution in [0.1, 0.15) is 16.7 Å². The lowest BCUT2D eigenvalue weighted by molar-refractivity contribution is -0.384. The van der Waals surface area contributed by atoms with Crippen LogP contribution < -0.4 is 14.2 Å². The van der Waals surface area contributed by atoms with Gasteiger partial charge in [0.05, 0.1) is 26.2 Å². The Bertz CT molecular complexity index is 1620. The molecule has 1 aliphatic rings. The van der Waals surface area contributed by atoms with Crippen LogP contribution in [0.5, 0.6) is 11.5 Å². The first kappa shape index (κ1) is 27.6. The molecule has 0 bridgehead atoms. The standard InChI is InChI=1S/C25H20IN3O7S2/c1-14-4-7-18(8-5-14)38(33,34)36-23-19(26)11-16(12-21(23)35-3)13-22-24(30)28-25(37-22)27-20-9-6-17(29(31)32)10-15(20)2/h4-13H,1-3H3,(H,27,28,30)/b22-13+. The topological polar surface area (TPSA) is 137 Å². The van der Waals surface area contributed by atoms with E-state index in [2.05, 4.69) is 10.3 Å². The van der Waals surface area contributed by atoms with E-state index in [9.17, 15) is 23.3 Å². The van der Waals surface area contributed by atoms with Crippen molar-refractivity contribution in [3.63, 3.8) is 0 Å². The number of carbonyl (C=O) groups excluding carboxylic acids is 1. The summed E-state index contributed by atoms with van der Waals surface area (Å²) in [6.45, 7) is 3.55. The number of nitrogens with one attached hydrogen (secondary N) is 1. The minimum atomic E-state index is -4.10. The number of nitrogens with zero attached hydrogens (tertiary/aromatic N) is 2. The molecule has 0 unspecified atom stereocenters. The molecule has 1 heterocycles. The number of benzene rings is 3. The van der Waals surface area contributed by atoms with Crippen molar-refractivity contribution in [2.45, 2.75) is 18.7 Å². The van der Waals surface area contributed by atoms with Crippen LogP contribution in [0, 0.1) is 27.5 Å². The molecule has 1 saturated heterocycles. The highest BCUT2D eigenvalue weighted by molar-refractivity contribution is 14.1. The number of ether oxygens (including phenoxy) is 1. The SMILES string of the molecule is COc1cc(/C=C2/SC(=Nc3ccc([N+](=O)[O-])cc3C)NC2=O)cc(I)c1OS(=O)(=O)c1ccc(C)cc1. The molecule has 1 fully saturated rings. The number of halogens is 1. The van der Waals surface area contributed by atoms with Gasteiger partial charge in [0.1, 0.15) is 4.90 Å². The van der Waals surface area contributed by atoms with E-state index in [0.717, 1.165) is 17.3 Å². The van der Waals surface area contributed by atoms with Crippen LogP contribution in [0.4, 0.5) is 11.4 Å². The van der Waals surface area contributed by atoms with Gasteiger partial charge in [-0.2, -0.15) is 8.42 Å². The van der Waals surface area contributed by atoms with Gasteiger partial charge in [0.25, 0.3) is 11.6 Å². The third-order valence-electron chi connectivity index (χ3n) is 5.32. The van der Waals surface area contributed by atoms with Crippen LogP contribution in [-0.4, -0.2) is 31.5 Å². The number of methoxy groups -OCH3 is 1. The third-order valence-corrected chi connectivity index (χ3v) is 8.26. The fourth-order valence-electron chi connectivity index (χ4n) is 3.39. The molecule has 0 aliphatic carbocycles. The van der Waals surface area contributed by atoms with Crippen molar-refractivity contribution in [3.8, 4) is 11.5 Å². The molecule has 0 spiro atoms. The predicted molar refractivity (Wildman–Crippen MR) is 153 cm³/mol. The second-order valence-electron chi connectivity index (χ2n) is 8.09. The molecule has 10 nitrogen and oxygen atoms in total. The minimum Gasteiger partial charge on any atom is -0.493 e. The number of nitro groups is 1. The van der Waals surface area contributed by atoms with E-state index < -0.39 is 15.0 Å². The van der Waals surface area contributed by atoms with E-state index in [1.807, 2.05) is 29.5 Å². The van der Waals surface area contributed by atoms with Crippen LogP contribution in [0.3, 0.4) is 0 Å². The van der Waals surface area contributed by atoms with Gasteiger partial charge in [0, 0.05) is 12.1 Å². The minimum absolute atomic E-state index is 0.0150. The maximum atomic E-state index is 12.8. The fourth-order valence-corrected chi connectivity index (χ4v) is 6.06. The third kappa shape index (κ3) is 6.16. The number of non-ortho nitro benzene ring substituents is 1. The average molecular weight is 665 g/mol. The number of nitro benzene ring substituents is 1. The Morgan fingerprint density at radius 2 is 1.82 bits per heavy atom. The van der Waals surface area contributed by atoms with Crippen molar-refractivity contribution in [1.82, 2.24) is 5.32 Å². The summed E-state index contributed by atoms with van der Waals surface area (Å²) in [5.41, 5.74) is 2.54. The maximum Gasteiger partial charge on any atom is 0.339 e. The van der Waals surface area contributed by atoms with Gasteiger partial charge in [0.2, 0.25) is 0 Å². The Morgan fingerprint density at radius 1 is 1.11 bits per heavy atom. The highest BCUT2D eigenvalue weighted by Gasteiger charge is 2.26. The van der Waals surface area contributed by atoms with Gasteiger partial charge in [-0.3, -0.25) is 14.9 Å². The van der Waals surface area contributed by atoms with Gasteiger partial charge in [-0.1, -0.05) is 17.7 Å². The number of hydrogen-bond donors (Lipinski definition) is 1. The van der Waals surface area contributed by atoms with Crippen LogP contribution in [0.15, 0.2) is 69.4 Å². The zero-order valence-corrected chi connectivity index (χ0v) is 24.0. The first-order valence-corrected chi connectivity index (χ1v) is 14.2. The first-order valence-electron chi connectivity index (χ1n) is 10.9. The van der Waals surface area contributed by atoms with Crippen molar-refractivity contribution in [2.24, 2.45) is 4.99 Å². The number of aryl methyl sites for hydroxylation is 2. The van der Waals surface area contributed by atoms with E-state index in [1.54, 1.807) is 37.3 Å². The van der Waals surface area contributed by atoms with E-state index in [-0.39, 0.29) is 28.0 Å². The summed E-state index contributed by atoms with van der Waals surface area (Å²) in [6, 6.07) is 13.8. The summed E-state index contributed by atoms with van der Waals surface area (Å²) in [4.78, 5) is 27.8. The molecular formula is C25H20IN3O7S2. The smallest absolute Gasteiger partial charge is 0.339 e. The van der Waals surface area contributed by atoms with Crippen molar-refractivity contribution in [3.05, 3.63) is 89.9 Å². The molecule has 13 heteroatoms. The fraction of sp³-hybridized carbons (Fsp3) is 0.120. The molecule has 196 valence electrons. The maximum absolute atomic E-state index is 12.8. The molecule has 1 N–H and O–H groups in total. The average Bonchev–Trinajstić information content (AvgIpc) is 3.20. The molecule has 38 heavy (non-hydrogen) atoms. The van der Waals surface area contributed by atoms with Crippen molar-refractivity contribution >= 4 is 73.0 Å². The highest BCUT2D eigenvalue weighted by atomic mass is 127. The summed E-state index contributed by atoms with van der Waals surface area (Å²) < 4.78 is 36.9. The quantitative estimate of drug-likeness (QED) is 0.115. The van der Waals surface area contributed by atoms with Gasteiger partial charge >= 0.3 is 10.1 Å². The van der Waals surface area contributed by atoms with Crippen LogP contribution >= 0.6 is 34.4 Å². The Morgan fingerprint density at radius 3 is 2.45 bits per heavy atom. The molecule has 0 atom stereocenters. The summed E-state index contributed by atoms with van der Waals surface area (Å²) in [5.74, 6) is -0.155. The Kier molecular flexibility index (Phi) is 8.08. The van der Waals surface area contributed by atoms with Crippen molar-refractivity contribution in [1.29, 1.82) is 0 Å². The largest absolute Gasteiger partial charge is 0.493 e. The molecule has 4 rings (SSSR count). The molecule has 3 aromatic rings. The van der Waals surface area contributed by atoms with Gasteiger partial charge in [-0.15, -0.1) is 0 Å². The van der Waals surface area contributed by atoms with Crippen LogP contribution in [0.2, 0.25) is 0 Å². The second kappa shape index (κ2) is 11.1. The molecule has 1 aliphatic heterocycles. The Balaban J connectivity index is 1.59. The van der Waals surface area contributed by atoms with Gasteiger partial charge in [0.15, 0.2) is 16.7 Å². The molecule has 1 amide bonds. The van der Waals surface area contributed by atoms with E-state index >= 15 is 0 Å². The van der Waals surface area contributed by atoms with Crippen LogP contribution in [-0.2, 0) is 14.9 Å². The molecule has 0 saturated carbocycles. The normalized spacial score (nSPS) is 15.5. The highest BCUT2D eigenvalue weighted by Crippen LogP contribution is 2.38. The van der Waals surface area contributed by atoms with Gasteiger partial charge < -0.3 is 14.2 Å². The Labute approximate surface area is 236 Å². The lowest BCUT2D eigenvalue weighted by atomic mass is 10.2. The molecular weight excluding hydrogens is 645 g/mol. The number of carbonyl (C=O) groups is 1. The monoisotopic (exact) mass is 665 g/mol. The second-order valence-corrected chi connectivity index (χ2v) is 11.8. The zero-order valence-electron chi connectivity index (χ0n) is 20.2. The summed E-state index contributed by atoms with van der Waals surface area (Å²) in [5, 5.41) is 14.0. The van der Waals surface area contributed by atoms with E-state index in [4.69, 9.17) is 8.92 Å². The van der Waals surface area contributed by atoms with Crippen molar-refractivity contribution < 1.29 is 27.1 Å². The molecule has 0 aromatic heterocycles. The summed E-state index contributed by atoms with van der Waals surface area (Å²) in [7, 11) is -2.71. The first-order chi connectivity index (χ1) is 18.0. The lowest BCUT2D eigenvalue weighted by Gasteiger charge is -2.13. The molecule has 0 radical (unpaired) electrons. The number of aliphatic imine (C=N–C) groups is 1. The number of thioether (sulfide) groups is 1. The number of amides is 1. The summed E-state index contributed by atoms with van der Waals surface area (Å²) >= 11 is 3.05. The predicted octanol–water partition coefficient (Wildman–Crippen LogP) is 5.48. The molecule has 3 aromatic carbocycles. The number of hydrogen-bond acceptors (Lipinski definition) is 9. The van der Waals surface area contributed by atoms with E-state index in [1.165, 1.54) is 37.4 Å². The van der Waals surface area contributed by atoms with Gasteiger partial charge in [-0.25, -0.2) is 4.99 Å². The van der Waals surface area contributed by atoms with Crippen LogP contribution in [0.25, 0.3) is 6.08 Å².